The number of carboxylic acid groups (broad SMARTS) is 1. The molecule has 108 valence electrons. The van der Waals surface area contributed by atoms with E-state index >= 15 is 0 Å². The summed E-state index contributed by atoms with van der Waals surface area (Å²) in [6.45, 7) is -0.578. The highest BCUT2D eigenvalue weighted by atomic mass is 35.5. The first-order chi connectivity index (χ1) is 9.97. The van der Waals surface area contributed by atoms with Crippen LogP contribution in [0.25, 0.3) is 11.3 Å². The number of amides is 1. The molecular formula is C13H10ClN3O4. The molecule has 0 saturated heterocycles. The van der Waals surface area contributed by atoms with E-state index in [0.29, 0.717) is 16.3 Å². The Hall–Kier alpha value is -2.67. The lowest BCUT2D eigenvalue weighted by Gasteiger charge is -2.06. The summed E-state index contributed by atoms with van der Waals surface area (Å²) in [4.78, 5) is 29.8. The summed E-state index contributed by atoms with van der Waals surface area (Å²) >= 11 is 5.78. The fourth-order valence-corrected chi connectivity index (χ4v) is 1.66. The molecule has 2 rings (SSSR count). The maximum Gasteiger partial charge on any atom is 0.322 e. The molecule has 21 heavy (non-hydrogen) atoms. The minimum absolute atomic E-state index is 0.344. The fraction of sp³-hybridized carbons (Fsp3) is 0.0769. The smallest absolute Gasteiger partial charge is 0.322 e. The second-order valence-electron chi connectivity index (χ2n) is 4.01. The number of aromatic nitrogens is 2. The van der Waals surface area contributed by atoms with Crippen LogP contribution in [0.1, 0.15) is 10.5 Å². The van der Waals surface area contributed by atoms with E-state index in [1.165, 1.54) is 6.20 Å². The molecule has 0 saturated carbocycles. The molecular weight excluding hydrogens is 298 g/mol. The molecule has 7 nitrogen and oxygen atoms in total. The van der Waals surface area contributed by atoms with Gasteiger partial charge in [0.15, 0.2) is 5.69 Å². The molecule has 1 amide bonds. The summed E-state index contributed by atoms with van der Waals surface area (Å²) in [6, 6.07) is 6.66. The number of hydrogen-bond donors (Lipinski definition) is 3. The zero-order valence-electron chi connectivity index (χ0n) is 10.6. The largest absolute Gasteiger partial charge is 0.492 e. The van der Waals surface area contributed by atoms with Gasteiger partial charge >= 0.3 is 5.97 Å². The molecule has 0 radical (unpaired) electrons. The number of halogens is 1. The SMILES string of the molecule is O=C(O)CNC(=O)c1nc(-c2ccc(Cl)cc2)cnc1O. The van der Waals surface area contributed by atoms with Gasteiger partial charge < -0.3 is 15.5 Å². The molecule has 0 bridgehead atoms. The number of nitrogens with zero attached hydrogens (tertiary/aromatic N) is 2. The van der Waals surface area contributed by atoms with Gasteiger partial charge in [-0.3, -0.25) is 9.59 Å². The second kappa shape index (κ2) is 6.19. The van der Waals surface area contributed by atoms with E-state index in [9.17, 15) is 14.7 Å². The molecule has 0 aliphatic heterocycles. The average molecular weight is 308 g/mol. The van der Waals surface area contributed by atoms with Gasteiger partial charge in [-0.2, -0.15) is 0 Å². The van der Waals surface area contributed by atoms with Crippen molar-refractivity contribution < 1.29 is 19.8 Å². The van der Waals surface area contributed by atoms with Crippen molar-refractivity contribution in [2.75, 3.05) is 6.54 Å². The van der Waals surface area contributed by atoms with E-state index < -0.39 is 24.3 Å². The Bertz CT molecular complexity index is 688. The normalized spacial score (nSPS) is 10.1. The van der Waals surface area contributed by atoms with Gasteiger partial charge in [-0.25, -0.2) is 9.97 Å². The van der Waals surface area contributed by atoms with E-state index in [1.54, 1.807) is 24.3 Å². The van der Waals surface area contributed by atoms with E-state index in [2.05, 4.69) is 15.3 Å². The van der Waals surface area contributed by atoms with Gasteiger partial charge in [-0.15, -0.1) is 0 Å². The number of carbonyl (C=O) groups excluding carboxylic acids is 1. The van der Waals surface area contributed by atoms with E-state index in [1.807, 2.05) is 0 Å². The van der Waals surface area contributed by atoms with Crippen LogP contribution in [0.15, 0.2) is 30.5 Å². The molecule has 0 spiro atoms. The molecule has 8 heteroatoms. The van der Waals surface area contributed by atoms with Crippen LogP contribution in [0.5, 0.6) is 5.88 Å². The topological polar surface area (TPSA) is 112 Å². The molecule has 0 unspecified atom stereocenters. The maximum absolute atomic E-state index is 11.7. The number of aliphatic carboxylic acids is 1. The summed E-state index contributed by atoms with van der Waals surface area (Å²) in [7, 11) is 0. The molecule has 3 N–H and O–H groups in total. The van der Waals surface area contributed by atoms with E-state index in [0.717, 1.165) is 0 Å². The highest BCUT2D eigenvalue weighted by Crippen LogP contribution is 2.21. The summed E-state index contributed by atoms with van der Waals surface area (Å²) in [6.07, 6.45) is 1.30. The van der Waals surface area contributed by atoms with E-state index in [4.69, 9.17) is 16.7 Å². The first kappa shape index (κ1) is 14.7. The average Bonchev–Trinajstić information content (AvgIpc) is 2.46. The Balaban J connectivity index is 2.30. The van der Waals surface area contributed by atoms with Crippen molar-refractivity contribution in [1.29, 1.82) is 0 Å². The van der Waals surface area contributed by atoms with Gasteiger partial charge in [0.2, 0.25) is 5.88 Å². The van der Waals surface area contributed by atoms with Gasteiger partial charge in [-0.1, -0.05) is 23.7 Å². The van der Waals surface area contributed by atoms with E-state index in [-0.39, 0.29) is 5.69 Å². The first-order valence-electron chi connectivity index (χ1n) is 5.79. The van der Waals surface area contributed by atoms with Crippen molar-refractivity contribution in [2.45, 2.75) is 0 Å². The summed E-state index contributed by atoms with van der Waals surface area (Å²) in [5.74, 6) is -2.60. The first-order valence-corrected chi connectivity index (χ1v) is 6.17. The third-order valence-corrected chi connectivity index (χ3v) is 2.76. The molecule has 1 aromatic carbocycles. The molecule has 0 aliphatic carbocycles. The predicted octanol–water partition coefficient (Wildman–Crippen LogP) is 1.32. The zero-order chi connectivity index (χ0) is 15.4. The van der Waals surface area contributed by atoms with Gasteiger partial charge in [0.1, 0.15) is 6.54 Å². The van der Waals surface area contributed by atoms with Crippen LogP contribution >= 0.6 is 11.6 Å². The predicted molar refractivity (Wildman–Crippen MR) is 74.1 cm³/mol. The Morgan fingerprint density at radius 2 is 1.90 bits per heavy atom. The number of aromatic hydroxyl groups is 1. The zero-order valence-corrected chi connectivity index (χ0v) is 11.3. The quantitative estimate of drug-likeness (QED) is 0.785. The fourth-order valence-electron chi connectivity index (χ4n) is 1.53. The third kappa shape index (κ3) is 3.67. The van der Waals surface area contributed by atoms with Crippen LogP contribution in [0, 0.1) is 0 Å². The monoisotopic (exact) mass is 307 g/mol. The highest BCUT2D eigenvalue weighted by Gasteiger charge is 2.16. The molecule has 1 aromatic heterocycles. The maximum atomic E-state index is 11.7. The minimum atomic E-state index is -1.20. The Kier molecular flexibility index (Phi) is 4.34. The van der Waals surface area contributed by atoms with Crippen molar-refractivity contribution in [1.82, 2.24) is 15.3 Å². The number of nitrogens with one attached hydrogen (secondary N) is 1. The number of hydrogen-bond acceptors (Lipinski definition) is 5. The molecule has 0 fully saturated rings. The van der Waals surface area contributed by atoms with Crippen molar-refractivity contribution in [3.8, 4) is 17.1 Å². The lowest BCUT2D eigenvalue weighted by atomic mass is 10.1. The van der Waals surface area contributed by atoms with Gasteiger partial charge in [0.05, 0.1) is 11.9 Å². The van der Waals surface area contributed by atoms with Crippen LogP contribution in [0.2, 0.25) is 5.02 Å². The van der Waals surface area contributed by atoms with Gasteiger partial charge in [0, 0.05) is 10.6 Å². The minimum Gasteiger partial charge on any atom is -0.492 e. The number of benzene rings is 1. The number of carboxylic acids is 1. The lowest BCUT2D eigenvalue weighted by Crippen LogP contribution is -2.30. The summed E-state index contributed by atoms with van der Waals surface area (Å²) in [5.41, 5.74) is 0.660. The van der Waals surface area contributed by atoms with Crippen LogP contribution in [0.4, 0.5) is 0 Å². The van der Waals surface area contributed by atoms with Crippen LogP contribution in [-0.4, -0.2) is 38.6 Å². The Labute approximate surface area is 124 Å². The van der Waals surface area contributed by atoms with Crippen LogP contribution in [-0.2, 0) is 4.79 Å². The van der Waals surface area contributed by atoms with Crippen molar-refractivity contribution in [3.05, 3.63) is 41.2 Å². The Morgan fingerprint density at radius 1 is 1.24 bits per heavy atom. The van der Waals surface area contributed by atoms with Crippen LogP contribution in [0.3, 0.4) is 0 Å². The Morgan fingerprint density at radius 3 is 2.52 bits per heavy atom. The summed E-state index contributed by atoms with van der Waals surface area (Å²) < 4.78 is 0. The second-order valence-corrected chi connectivity index (χ2v) is 4.45. The molecule has 2 aromatic rings. The number of carbonyl (C=O) groups is 2. The number of rotatable bonds is 4. The highest BCUT2D eigenvalue weighted by molar-refractivity contribution is 6.30. The third-order valence-electron chi connectivity index (χ3n) is 2.51. The standard InChI is InChI=1S/C13H10ClN3O4/c14-8-3-1-7(2-4-8)9-5-15-12(20)11(17-9)13(21)16-6-10(18)19/h1-5H,6H2,(H,15,20)(H,16,21)(H,18,19). The van der Waals surface area contributed by atoms with Crippen molar-refractivity contribution in [3.63, 3.8) is 0 Å². The summed E-state index contributed by atoms with van der Waals surface area (Å²) in [5, 5.41) is 20.7. The van der Waals surface area contributed by atoms with Crippen molar-refractivity contribution in [2.24, 2.45) is 0 Å². The van der Waals surface area contributed by atoms with Crippen molar-refractivity contribution >= 4 is 23.5 Å². The van der Waals surface area contributed by atoms with Gasteiger partial charge in [-0.05, 0) is 12.1 Å². The van der Waals surface area contributed by atoms with Gasteiger partial charge in [0.25, 0.3) is 5.91 Å². The molecule has 0 atom stereocenters. The molecule has 0 aliphatic rings. The molecule has 1 heterocycles. The van der Waals surface area contributed by atoms with Crippen LogP contribution < -0.4 is 5.32 Å². The lowest BCUT2D eigenvalue weighted by molar-refractivity contribution is -0.135.